The lowest BCUT2D eigenvalue weighted by molar-refractivity contribution is 0.0718. The predicted octanol–water partition coefficient (Wildman–Crippen LogP) is 2.69. The molecule has 0 aromatic heterocycles. The average Bonchev–Trinajstić information content (AvgIpc) is 2.93. The Hall–Kier alpha value is -2.54. The van der Waals surface area contributed by atoms with Crippen molar-refractivity contribution in [3.05, 3.63) is 71.0 Å². The molecule has 1 unspecified atom stereocenters. The van der Waals surface area contributed by atoms with Crippen molar-refractivity contribution in [2.75, 3.05) is 32.4 Å². The average molecular weight is 402 g/mol. The first-order valence-corrected chi connectivity index (χ1v) is 10.9. The third-order valence-electron chi connectivity index (χ3n) is 4.69. The molecule has 0 bridgehead atoms. The van der Waals surface area contributed by atoms with Gasteiger partial charge in [-0.15, -0.1) is 0 Å². The Labute approximate surface area is 166 Å². The van der Waals surface area contributed by atoms with Crippen molar-refractivity contribution >= 4 is 22.6 Å². The summed E-state index contributed by atoms with van der Waals surface area (Å²) in [5.41, 5.74) is 1.75. The highest BCUT2D eigenvalue weighted by molar-refractivity contribution is 7.83. The molecule has 0 N–H and O–H groups in total. The summed E-state index contributed by atoms with van der Waals surface area (Å²) in [4.78, 5) is 28.9. The van der Waals surface area contributed by atoms with Crippen LogP contribution in [0.15, 0.2) is 48.5 Å². The molecule has 1 saturated heterocycles. The highest BCUT2D eigenvalue weighted by atomic mass is 32.2. The van der Waals surface area contributed by atoms with E-state index >= 15 is 0 Å². The van der Waals surface area contributed by atoms with Crippen LogP contribution in [0.2, 0.25) is 0 Å². The number of benzene rings is 2. The molecule has 0 aliphatic carbocycles. The first-order chi connectivity index (χ1) is 13.4. The number of halogens is 1. The van der Waals surface area contributed by atoms with Gasteiger partial charge in [0, 0.05) is 60.1 Å². The first-order valence-electron chi connectivity index (χ1n) is 9.17. The smallest absolute Gasteiger partial charge is 0.254 e. The number of nitrogens with zero attached hydrogens (tertiary/aromatic N) is 2. The van der Waals surface area contributed by atoms with E-state index in [4.69, 9.17) is 0 Å². The van der Waals surface area contributed by atoms with E-state index in [2.05, 4.69) is 0 Å². The second kappa shape index (κ2) is 9.10. The van der Waals surface area contributed by atoms with Gasteiger partial charge >= 0.3 is 0 Å². The van der Waals surface area contributed by atoms with E-state index in [1.54, 1.807) is 40.3 Å². The van der Waals surface area contributed by atoms with Crippen LogP contribution in [0.4, 0.5) is 4.39 Å². The largest absolute Gasteiger partial charge is 0.337 e. The summed E-state index contributed by atoms with van der Waals surface area (Å²) < 4.78 is 24.8. The van der Waals surface area contributed by atoms with Crippen molar-refractivity contribution in [2.24, 2.45) is 0 Å². The molecule has 7 heteroatoms. The molecule has 2 aromatic carbocycles. The maximum Gasteiger partial charge on any atom is 0.254 e. The number of carbonyl (C=O) groups is 2. The van der Waals surface area contributed by atoms with Crippen LogP contribution < -0.4 is 0 Å². The van der Waals surface area contributed by atoms with Crippen LogP contribution in [0.5, 0.6) is 0 Å². The Morgan fingerprint density at radius 3 is 2.07 bits per heavy atom. The zero-order valence-electron chi connectivity index (χ0n) is 15.8. The van der Waals surface area contributed by atoms with E-state index in [9.17, 15) is 18.2 Å². The Morgan fingerprint density at radius 1 is 0.929 bits per heavy atom. The fourth-order valence-corrected chi connectivity index (χ4v) is 3.99. The third-order valence-corrected chi connectivity index (χ3v) is 5.43. The maximum absolute atomic E-state index is 13.4. The zero-order chi connectivity index (χ0) is 20.1. The van der Waals surface area contributed by atoms with Gasteiger partial charge in [-0.2, -0.15) is 0 Å². The van der Waals surface area contributed by atoms with E-state index in [-0.39, 0.29) is 11.8 Å². The van der Waals surface area contributed by atoms with Crippen LogP contribution in [0.3, 0.4) is 0 Å². The van der Waals surface area contributed by atoms with Crippen LogP contribution in [0, 0.1) is 5.82 Å². The van der Waals surface area contributed by atoms with Gasteiger partial charge in [-0.05, 0) is 42.3 Å². The number of amides is 2. The summed E-state index contributed by atoms with van der Waals surface area (Å²) >= 11 is 0. The third kappa shape index (κ3) is 5.04. The standard InChI is InChI=1S/C21H23FN2O3S/c1-28(27)15-16-5-2-6-17(13-16)20(25)23-9-4-10-24(12-11-23)21(26)18-7-3-8-19(22)14-18/h2-3,5-8,13-14H,4,9-12,15H2,1H3. The van der Waals surface area contributed by atoms with Gasteiger partial charge in [0.05, 0.1) is 0 Å². The molecule has 1 heterocycles. The molecule has 0 radical (unpaired) electrons. The quantitative estimate of drug-likeness (QED) is 0.790. The summed E-state index contributed by atoms with van der Waals surface area (Å²) in [6.07, 6.45) is 2.29. The Kier molecular flexibility index (Phi) is 6.57. The van der Waals surface area contributed by atoms with Crippen LogP contribution in [0.25, 0.3) is 0 Å². The highest BCUT2D eigenvalue weighted by Crippen LogP contribution is 2.14. The van der Waals surface area contributed by atoms with Gasteiger partial charge < -0.3 is 9.80 Å². The van der Waals surface area contributed by atoms with Crippen molar-refractivity contribution in [3.8, 4) is 0 Å². The van der Waals surface area contributed by atoms with Crippen molar-refractivity contribution in [1.82, 2.24) is 9.80 Å². The first kappa shape index (κ1) is 20.2. The van der Waals surface area contributed by atoms with Crippen LogP contribution in [-0.4, -0.2) is 58.3 Å². The van der Waals surface area contributed by atoms with E-state index in [1.807, 2.05) is 6.07 Å². The summed E-state index contributed by atoms with van der Waals surface area (Å²) in [7, 11) is -0.971. The molecule has 28 heavy (non-hydrogen) atoms. The van der Waals surface area contributed by atoms with E-state index in [0.717, 1.165) is 5.56 Å². The molecule has 0 saturated carbocycles. The van der Waals surface area contributed by atoms with Gasteiger partial charge in [0.15, 0.2) is 0 Å². The van der Waals surface area contributed by atoms with E-state index in [0.29, 0.717) is 49.5 Å². The summed E-state index contributed by atoms with van der Waals surface area (Å²) in [6, 6.07) is 12.9. The lowest BCUT2D eigenvalue weighted by Crippen LogP contribution is -2.37. The SMILES string of the molecule is CS(=O)Cc1cccc(C(=O)N2CCCN(C(=O)c3cccc(F)c3)CC2)c1. The van der Waals surface area contributed by atoms with Gasteiger partial charge in [-0.25, -0.2) is 4.39 Å². The topological polar surface area (TPSA) is 57.7 Å². The minimum Gasteiger partial charge on any atom is -0.337 e. The predicted molar refractivity (Wildman–Crippen MR) is 107 cm³/mol. The number of rotatable bonds is 4. The van der Waals surface area contributed by atoms with Crippen LogP contribution in [-0.2, 0) is 16.6 Å². The molecule has 148 valence electrons. The summed E-state index contributed by atoms with van der Waals surface area (Å²) in [6.45, 7) is 1.90. The molecular weight excluding hydrogens is 379 g/mol. The van der Waals surface area contributed by atoms with Crippen LogP contribution in [0.1, 0.15) is 32.7 Å². The molecule has 2 amide bonds. The minimum atomic E-state index is -0.971. The number of carbonyl (C=O) groups excluding carboxylic acids is 2. The molecule has 1 aliphatic rings. The van der Waals surface area contributed by atoms with Crippen LogP contribution >= 0.6 is 0 Å². The van der Waals surface area contributed by atoms with Crippen molar-refractivity contribution in [3.63, 3.8) is 0 Å². The summed E-state index contributed by atoms with van der Waals surface area (Å²) in [5, 5.41) is 0. The van der Waals surface area contributed by atoms with Crippen molar-refractivity contribution in [2.45, 2.75) is 12.2 Å². The van der Waals surface area contributed by atoms with E-state index < -0.39 is 16.6 Å². The number of hydrogen-bond donors (Lipinski definition) is 0. The Balaban J connectivity index is 1.67. The molecule has 5 nitrogen and oxygen atoms in total. The molecule has 3 rings (SSSR count). The normalized spacial score (nSPS) is 15.8. The molecule has 1 atom stereocenters. The molecule has 2 aromatic rings. The Bertz CT molecular complexity index is 903. The number of hydrogen-bond acceptors (Lipinski definition) is 3. The van der Waals surface area contributed by atoms with Gasteiger partial charge in [0.2, 0.25) is 0 Å². The second-order valence-electron chi connectivity index (χ2n) is 6.87. The maximum atomic E-state index is 13.4. The van der Waals surface area contributed by atoms with Crippen molar-refractivity contribution in [1.29, 1.82) is 0 Å². The fourth-order valence-electron chi connectivity index (χ4n) is 3.34. The zero-order valence-corrected chi connectivity index (χ0v) is 16.6. The lowest BCUT2D eigenvalue weighted by atomic mass is 10.1. The van der Waals surface area contributed by atoms with Gasteiger partial charge in [0.25, 0.3) is 11.8 Å². The Morgan fingerprint density at radius 2 is 1.50 bits per heavy atom. The van der Waals surface area contributed by atoms with Gasteiger partial charge in [0.1, 0.15) is 5.82 Å². The van der Waals surface area contributed by atoms with Gasteiger partial charge in [-0.3, -0.25) is 13.8 Å². The fraction of sp³-hybridized carbons (Fsp3) is 0.333. The minimum absolute atomic E-state index is 0.0937. The second-order valence-corrected chi connectivity index (χ2v) is 8.30. The molecular formula is C21H23FN2O3S. The summed E-state index contributed by atoms with van der Waals surface area (Å²) in [5.74, 6) is -0.341. The van der Waals surface area contributed by atoms with Crippen molar-refractivity contribution < 1.29 is 18.2 Å². The molecule has 1 fully saturated rings. The molecule has 0 spiro atoms. The monoisotopic (exact) mass is 402 g/mol. The lowest BCUT2D eigenvalue weighted by Gasteiger charge is -2.22. The van der Waals surface area contributed by atoms with Gasteiger partial charge in [-0.1, -0.05) is 18.2 Å². The highest BCUT2D eigenvalue weighted by Gasteiger charge is 2.24. The molecule has 1 aliphatic heterocycles. The van der Waals surface area contributed by atoms with E-state index in [1.165, 1.54) is 18.2 Å².